The molecule has 2 aromatic carbocycles. The molecule has 248 valence electrons. The molecular formula is C36H45N7O3S. The number of thiazole rings is 1. The van der Waals surface area contributed by atoms with E-state index in [1.807, 2.05) is 6.07 Å². The number of aliphatic hydroxyl groups is 1. The van der Waals surface area contributed by atoms with E-state index in [9.17, 15) is 9.90 Å². The van der Waals surface area contributed by atoms with Gasteiger partial charge in [-0.25, -0.2) is 4.98 Å². The normalized spacial score (nSPS) is 20.9. The molecule has 5 heterocycles. The van der Waals surface area contributed by atoms with Crippen LogP contribution in [0.25, 0.3) is 10.2 Å². The number of carbonyl (C=O) groups excluding carboxylic acids is 1. The van der Waals surface area contributed by atoms with Crippen LogP contribution in [0.5, 0.6) is 6.01 Å². The standard InChI is InChI=1S/C36H45N7O3S/c1-3-27(4-2)46-35-38-29(34(45)43-20-16-30(31(44)23-43)42-17-13-24-9-5-6-10-25(24)22-42)21-33(40-35)37-26-14-18-41(19-15-26)36-39-28-11-7-8-12-32(28)47-36/h5-12,21,26-27,30-31,44H,3-4,13-20,22-23H2,1-2H3,(H,37,38,40)/t30-,31-/m1/s1. The molecular weight excluding hydrogens is 611 g/mol. The van der Waals surface area contributed by atoms with Crippen molar-refractivity contribution in [2.75, 3.05) is 42.9 Å². The van der Waals surface area contributed by atoms with E-state index in [1.165, 1.54) is 15.8 Å². The van der Waals surface area contributed by atoms with Crippen molar-refractivity contribution in [3.05, 3.63) is 71.4 Å². The molecule has 3 aliphatic rings. The maximum Gasteiger partial charge on any atom is 0.319 e. The molecule has 0 unspecified atom stereocenters. The predicted molar refractivity (Wildman–Crippen MR) is 186 cm³/mol. The van der Waals surface area contributed by atoms with Gasteiger partial charge in [-0.05, 0) is 61.8 Å². The Morgan fingerprint density at radius 2 is 1.74 bits per heavy atom. The summed E-state index contributed by atoms with van der Waals surface area (Å²) in [7, 11) is 0. The Bertz CT molecular complexity index is 1650. The zero-order chi connectivity index (χ0) is 32.3. The number of aliphatic hydroxyl groups excluding tert-OH is 1. The van der Waals surface area contributed by atoms with E-state index in [-0.39, 0.29) is 36.7 Å². The SMILES string of the molecule is CCC(CC)Oc1nc(NC2CCN(c3nc4ccccc4s3)CC2)cc(C(=O)N2CC[C@@H](N3CCc4ccccc4C3)[C@H](O)C2)n1. The van der Waals surface area contributed by atoms with Crippen molar-refractivity contribution in [1.29, 1.82) is 0 Å². The number of anilines is 2. The predicted octanol–water partition coefficient (Wildman–Crippen LogP) is 5.37. The number of ether oxygens (including phenoxy) is 1. The van der Waals surface area contributed by atoms with Crippen molar-refractivity contribution in [2.45, 2.75) is 83.2 Å². The van der Waals surface area contributed by atoms with Crippen LogP contribution in [-0.4, -0.2) is 92.8 Å². The summed E-state index contributed by atoms with van der Waals surface area (Å²) >= 11 is 1.74. The Morgan fingerprint density at radius 1 is 0.979 bits per heavy atom. The molecule has 2 fully saturated rings. The number of nitrogens with one attached hydrogen (secondary N) is 1. The van der Waals surface area contributed by atoms with E-state index in [2.05, 4.69) is 76.4 Å². The largest absolute Gasteiger partial charge is 0.460 e. The van der Waals surface area contributed by atoms with Crippen LogP contribution < -0.4 is 15.0 Å². The number of benzene rings is 2. The van der Waals surface area contributed by atoms with Crippen molar-refractivity contribution in [3.63, 3.8) is 0 Å². The first kappa shape index (κ1) is 31.8. The molecule has 2 aromatic heterocycles. The third kappa shape index (κ3) is 7.07. The Morgan fingerprint density at radius 3 is 2.51 bits per heavy atom. The number of piperidine rings is 2. The lowest BCUT2D eigenvalue weighted by Gasteiger charge is -2.43. The van der Waals surface area contributed by atoms with Gasteiger partial charge < -0.3 is 25.0 Å². The highest BCUT2D eigenvalue weighted by atomic mass is 32.1. The van der Waals surface area contributed by atoms with E-state index in [0.717, 1.165) is 75.4 Å². The van der Waals surface area contributed by atoms with Crippen molar-refractivity contribution >= 4 is 38.4 Å². The molecule has 0 aliphatic carbocycles. The van der Waals surface area contributed by atoms with Crippen LogP contribution in [0.1, 0.15) is 67.6 Å². The summed E-state index contributed by atoms with van der Waals surface area (Å²) in [5.41, 5.74) is 4.07. The summed E-state index contributed by atoms with van der Waals surface area (Å²) in [4.78, 5) is 34.5. The Kier molecular flexibility index (Phi) is 9.55. The number of likely N-dealkylation sites (tertiary alicyclic amines) is 1. The molecule has 10 nitrogen and oxygen atoms in total. The molecule has 47 heavy (non-hydrogen) atoms. The highest BCUT2D eigenvalue weighted by Crippen LogP contribution is 2.31. The van der Waals surface area contributed by atoms with Gasteiger partial charge in [0.15, 0.2) is 5.13 Å². The van der Waals surface area contributed by atoms with Gasteiger partial charge in [0.05, 0.1) is 16.3 Å². The third-order valence-corrected chi connectivity index (χ3v) is 11.1. The quantitative estimate of drug-likeness (QED) is 0.246. The lowest BCUT2D eigenvalue weighted by atomic mass is 9.94. The molecule has 11 heteroatoms. The van der Waals surface area contributed by atoms with Gasteiger partial charge in [-0.3, -0.25) is 9.69 Å². The Balaban J connectivity index is 1.02. The fraction of sp³-hybridized carbons (Fsp3) is 0.500. The first-order valence-electron chi connectivity index (χ1n) is 17.2. The van der Waals surface area contributed by atoms with E-state index < -0.39 is 6.10 Å². The number of carbonyl (C=O) groups is 1. The molecule has 1 amide bonds. The Labute approximate surface area is 280 Å². The summed E-state index contributed by atoms with van der Waals surface area (Å²) in [5.74, 6) is 0.405. The molecule has 0 radical (unpaired) electrons. The second-order valence-corrected chi connectivity index (χ2v) is 14.0. The smallest absolute Gasteiger partial charge is 0.319 e. The third-order valence-electron chi connectivity index (χ3n) is 9.97. The summed E-state index contributed by atoms with van der Waals surface area (Å²) in [6.45, 7) is 8.54. The van der Waals surface area contributed by atoms with Crippen molar-refractivity contribution in [1.82, 2.24) is 24.8 Å². The van der Waals surface area contributed by atoms with Gasteiger partial charge in [0.25, 0.3) is 5.91 Å². The van der Waals surface area contributed by atoms with Crippen molar-refractivity contribution < 1.29 is 14.6 Å². The van der Waals surface area contributed by atoms with E-state index in [0.29, 0.717) is 18.1 Å². The van der Waals surface area contributed by atoms with E-state index >= 15 is 0 Å². The maximum atomic E-state index is 13.9. The van der Waals surface area contributed by atoms with E-state index in [1.54, 1.807) is 22.3 Å². The average molecular weight is 656 g/mol. The van der Waals surface area contributed by atoms with Crippen LogP contribution in [0.2, 0.25) is 0 Å². The molecule has 3 aliphatic heterocycles. The molecule has 0 spiro atoms. The van der Waals surface area contributed by atoms with Crippen LogP contribution in [0.15, 0.2) is 54.6 Å². The summed E-state index contributed by atoms with van der Waals surface area (Å²) in [6, 6.07) is 19.0. The zero-order valence-electron chi connectivity index (χ0n) is 27.3. The molecule has 7 rings (SSSR count). The molecule has 4 aromatic rings. The van der Waals surface area contributed by atoms with Crippen LogP contribution in [0, 0.1) is 0 Å². The van der Waals surface area contributed by atoms with Crippen LogP contribution in [-0.2, 0) is 13.0 Å². The second-order valence-electron chi connectivity index (χ2n) is 13.0. The number of β-amino-alcohol motifs (C(OH)–C–C–N with tert-alkyl or cyclic N) is 1. The number of fused-ring (bicyclic) bond motifs is 2. The number of para-hydroxylation sites is 1. The highest BCUT2D eigenvalue weighted by Gasteiger charge is 2.36. The minimum atomic E-state index is -0.627. The fourth-order valence-corrected chi connectivity index (χ4v) is 8.19. The van der Waals surface area contributed by atoms with Crippen LogP contribution >= 0.6 is 11.3 Å². The summed E-state index contributed by atoms with van der Waals surface area (Å²) < 4.78 is 7.37. The van der Waals surface area contributed by atoms with Gasteiger partial charge in [-0.1, -0.05) is 61.6 Å². The fourth-order valence-electron chi connectivity index (χ4n) is 7.18. The number of hydrogen-bond acceptors (Lipinski definition) is 10. The van der Waals surface area contributed by atoms with Crippen LogP contribution in [0.3, 0.4) is 0 Å². The summed E-state index contributed by atoms with van der Waals surface area (Å²) in [5, 5.41) is 15.9. The average Bonchev–Trinajstić information content (AvgIpc) is 3.55. The minimum absolute atomic E-state index is 0.0254. The highest BCUT2D eigenvalue weighted by molar-refractivity contribution is 7.22. The number of amides is 1. The molecule has 2 N–H and O–H groups in total. The molecule has 2 saturated heterocycles. The molecule has 0 saturated carbocycles. The van der Waals surface area contributed by atoms with Crippen molar-refractivity contribution in [3.8, 4) is 6.01 Å². The van der Waals surface area contributed by atoms with Gasteiger partial charge >= 0.3 is 6.01 Å². The number of nitrogens with zero attached hydrogens (tertiary/aromatic N) is 6. The van der Waals surface area contributed by atoms with Gasteiger partial charge in [0.1, 0.15) is 17.6 Å². The van der Waals surface area contributed by atoms with Crippen molar-refractivity contribution in [2.24, 2.45) is 0 Å². The lowest BCUT2D eigenvalue weighted by Crippen LogP contribution is -2.56. The number of hydrogen-bond donors (Lipinski definition) is 2. The topological polar surface area (TPSA) is 107 Å². The zero-order valence-corrected chi connectivity index (χ0v) is 28.2. The number of rotatable bonds is 9. The number of aromatic nitrogens is 3. The monoisotopic (exact) mass is 655 g/mol. The van der Waals surface area contributed by atoms with Gasteiger partial charge in [0.2, 0.25) is 0 Å². The Hall–Kier alpha value is -3.80. The molecule has 2 atom stereocenters. The second kappa shape index (κ2) is 14.1. The summed E-state index contributed by atoms with van der Waals surface area (Å²) in [6.07, 6.45) is 4.54. The first-order valence-corrected chi connectivity index (χ1v) is 18.0. The van der Waals surface area contributed by atoms with Gasteiger partial charge in [-0.2, -0.15) is 9.97 Å². The van der Waals surface area contributed by atoms with Gasteiger partial charge in [0, 0.05) is 57.4 Å². The van der Waals surface area contributed by atoms with E-state index in [4.69, 9.17) is 14.7 Å². The maximum absolute atomic E-state index is 13.9. The minimum Gasteiger partial charge on any atom is -0.460 e. The van der Waals surface area contributed by atoms with Crippen LogP contribution in [0.4, 0.5) is 10.9 Å². The van der Waals surface area contributed by atoms with Gasteiger partial charge in [-0.15, -0.1) is 0 Å². The first-order chi connectivity index (χ1) is 23.0. The lowest BCUT2D eigenvalue weighted by molar-refractivity contribution is -0.0139. The molecule has 0 bridgehead atoms.